The van der Waals surface area contributed by atoms with Gasteiger partial charge in [0.1, 0.15) is 0 Å². The van der Waals surface area contributed by atoms with Crippen LogP contribution in [0.5, 0.6) is 0 Å². The number of thioether (sulfide) groups is 2. The summed E-state index contributed by atoms with van der Waals surface area (Å²) in [4.78, 5) is 25.0. The molecule has 0 saturated heterocycles. The van der Waals surface area contributed by atoms with Crippen molar-refractivity contribution in [2.24, 2.45) is 0 Å². The van der Waals surface area contributed by atoms with Crippen molar-refractivity contribution in [1.29, 1.82) is 0 Å². The highest BCUT2D eigenvalue weighted by Gasteiger charge is 2.33. The minimum Gasteiger partial charge on any atom is -0.463 e. The predicted molar refractivity (Wildman–Crippen MR) is 112 cm³/mol. The molecule has 8 nitrogen and oxygen atoms in total. The summed E-state index contributed by atoms with van der Waals surface area (Å²) in [6.45, 7) is 1.94. The molecule has 1 aromatic heterocycles. The van der Waals surface area contributed by atoms with E-state index in [1.807, 2.05) is 6.26 Å². The Morgan fingerprint density at radius 1 is 1.28 bits per heavy atom. The standard InChI is InChI=1S/C18H19ClN4O4S2/c1-3-26-16(24)14-12(8-29-18-23-22-13(27-18)9-28-2)20-17(25)21-15(14)10-4-6-11(19)7-5-10/h4-7,15H,3,8-9H2,1-2H3,(H2,20,21,25). The first-order valence-corrected chi connectivity index (χ1v) is 11.4. The molecule has 1 atom stereocenters. The molecule has 2 amide bonds. The molecule has 1 aromatic carbocycles. The van der Waals surface area contributed by atoms with Crippen LogP contribution in [0.25, 0.3) is 0 Å². The van der Waals surface area contributed by atoms with E-state index < -0.39 is 18.0 Å². The number of nitrogens with zero attached hydrogens (tertiary/aromatic N) is 2. The van der Waals surface area contributed by atoms with Crippen LogP contribution in [0.3, 0.4) is 0 Å². The maximum atomic E-state index is 12.7. The van der Waals surface area contributed by atoms with Gasteiger partial charge in [-0.15, -0.1) is 10.2 Å². The number of benzene rings is 1. The van der Waals surface area contributed by atoms with Crippen molar-refractivity contribution < 1.29 is 18.7 Å². The summed E-state index contributed by atoms with van der Waals surface area (Å²) in [5, 5.41) is 14.3. The lowest BCUT2D eigenvalue weighted by Crippen LogP contribution is -2.46. The van der Waals surface area contributed by atoms with Crippen LogP contribution < -0.4 is 10.6 Å². The maximum Gasteiger partial charge on any atom is 0.338 e. The molecular formula is C18H19ClN4O4S2. The zero-order chi connectivity index (χ0) is 20.8. The second-order valence-corrected chi connectivity index (χ2v) is 8.11. The molecular weight excluding hydrogens is 436 g/mol. The second-order valence-electron chi connectivity index (χ2n) is 5.88. The van der Waals surface area contributed by atoms with Crippen molar-refractivity contribution in [3.05, 3.63) is 52.0 Å². The van der Waals surface area contributed by atoms with Crippen LogP contribution in [0.2, 0.25) is 5.02 Å². The molecule has 0 fully saturated rings. The number of ether oxygens (including phenoxy) is 1. The number of carbonyl (C=O) groups is 2. The van der Waals surface area contributed by atoms with Gasteiger partial charge in [0.2, 0.25) is 5.89 Å². The summed E-state index contributed by atoms with van der Waals surface area (Å²) in [6, 6.07) is 5.85. The summed E-state index contributed by atoms with van der Waals surface area (Å²) >= 11 is 8.78. The fraction of sp³-hybridized carbons (Fsp3) is 0.333. The number of hydrogen-bond acceptors (Lipinski definition) is 8. The smallest absolute Gasteiger partial charge is 0.338 e. The summed E-state index contributed by atoms with van der Waals surface area (Å²) in [7, 11) is 0. The molecule has 1 aliphatic rings. The molecule has 3 rings (SSSR count). The van der Waals surface area contributed by atoms with Crippen LogP contribution in [-0.4, -0.2) is 40.8 Å². The van der Waals surface area contributed by atoms with Gasteiger partial charge in [-0.3, -0.25) is 0 Å². The van der Waals surface area contributed by atoms with Crippen molar-refractivity contribution >= 4 is 47.1 Å². The van der Waals surface area contributed by atoms with Crippen LogP contribution in [0.4, 0.5) is 4.79 Å². The van der Waals surface area contributed by atoms with Gasteiger partial charge in [0, 0.05) is 16.5 Å². The van der Waals surface area contributed by atoms with Crippen LogP contribution in [0, 0.1) is 0 Å². The largest absolute Gasteiger partial charge is 0.463 e. The van der Waals surface area contributed by atoms with Crippen LogP contribution in [-0.2, 0) is 15.3 Å². The average molecular weight is 455 g/mol. The van der Waals surface area contributed by atoms with Crippen LogP contribution in [0.1, 0.15) is 24.4 Å². The van der Waals surface area contributed by atoms with Gasteiger partial charge in [-0.05, 0) is 30.9 Å². The van der Waals surface area contributed by atoms with E-state index in [4.69, 9.17) is 20.8 Å². The number of aromatic nitrogens is 2. The molecule has 0 radical (unpaired) electrons. The summed E-state index contributed by atoms with van der Waals surface area (Å²) in [5.41, 5.74) is 1.47. The Bertz CT molecular complexity index is 917. The molecule has 0 saturated carbocycles. The third-order valence-electron chi connectivity index (χ3n) is 3.91. The SMILES string of the molecule is CCOC(=O)C1=C(CSc2nnc(CSC)o2)NC(=O)NC1c1ccc(Cl)cc1. The molecule has 154 valence electrons. The Balaban J connectivity index is 1.90. The van der Waals surface area contributed by atoms with E-state index >= 15 is 0 Å². The zero-order valence-electron chi connectivity index (χ0n) is 15.7. The fourth-order valence-corrected chi connectivity index (χ4v) is 3.94. The zero-order valence-corrected chi connectivity index (χ0v) is 18.1. The molecule has 2 N–H and O–H groups in total. The normalized spacial score (nSPS) is 16.4. The van der Waals surface area contributed by atoms with Crippen molar-refractivity contribution in [2.45, 2.75) is 23.9 Å². The Labute approximate surface area is 181 Å². The van der Waals surface area contributed by atoms with Gasteiger partial charge in [-0.25, -0.2) is 9.59 Å². The third kappa shape index (κ3) is 5.46. The Morgan fingerprint density at radius 2 is 2.03 bits per heavy atom. The lowest BCUT2D eigenvalue weighted by molar-refractivity contribution is -0.139. The topological polar surface area (TPSA) is 106 Å². The van der Waals surface area contributed by atoms with Crippen LogP contribution in [0.15, 0.2) is 45.2 Å². The molecule has 0 spiro atoms. The third-order valence-corrected chi connectivity index (χ3v) is 5.54. The Hall–Kier alpha value is -2.17. The highest BCUT2D eigenvalue weighted by atomic mass is 35.5. The van der Waals surface area contributed by atoms with E-state index in [9.17, 15) is 9.59 Å². The molecule has 0 bridgehead atoms. The van der Waals surface area contributed by atoms with Crippen molar-refractivity contribution in [2.75, 3.05) is 18.6 Å². The number of rotatable bonds is 8. The van der Waals surface area contributed by atoms with E-state index in [0.29, 0.717) is 33.2 Å². The van der Waals surface area contributed by atoms with Gasteiger partial charge >= 0.3 is 12.0 Å². The van der Waals surface area contributed by atoms with E-state index in [2.05, 4.69) is 20.8 Å². The number of esters is 1. The van der Waals surface area contributed by atoms with Gasteiger partial charge < -0.3 is 19.8 Å². The fourth-order valence-electron chi connectivity index (χ4n) is 2.70. The lowest BCUT2D eigenvalue weighted by Gasteiger charge is -2.29. The number of hydrogen-bond donors (Lipinski definition) is 2. The van der Waals surface area contributed by atoms with E-state index in [-0.39, 0.29) is 12.4 Å². The number of halogens is 1. The second kappa shape index (κ2) is 10.0. The molecule has 2 aromatic rings. The highest BCUT2D eigenvalue weighted by Crippen LogP contribution is 2.31. The van der Waals surface area contributed by atoms with Gasteiger partial charge in [-0.1, -0.05) is 35.5 Å². The Morgan fingerprint density at radius 3 is 2.72 bits per heavy atom. The van der Waals surface area contributed by atoms with Gasteiger partial charge in [0.05, 0.1) is 24.0 Å². The number of urea groups is 1. The minimum absolute atomic E-state index is 0.214. The quantitative estimate of drug-likeness (QED) is 0.460. The molecule has 0 aliphatic carbocycles. The van der Waals surface area contributed by atoms with Crippen LogP contribution >= 0.6 is 35.1 Å². The van der Waals surface area contributed by atoms with E-state index in [1.54, 1.807) is 43.0 Å². The first kappa shape index (κ1) is 21.5. The number of amides is 2. The molecule has 11 heteroatoms. The minimum atomic E-state index is -0.662. The molecule has 1 aliphatic heterocycles. The van der Waals surface area contributed by atoms with E-state index in [1.165, 1.54) is 11.8 Å². The first-order chi connectivity index (χ1) is 14.0. The first-order valence-electron chi connectivity index (χ1n) is 8.69. The monoisotopic (exact) mass is 454 g/mol. The average Bonchev–Trinajstić information content (AvgIpc) is 3.14. The number of nitrogens with one attached hydrogen (secondary N) is 2. The van der Waals surface area contributed by atoms with Gasteiger partial charge in [-0.2, -0.15) is 11.8 Å². The van der Waals surface area contributed by atoms with Crippen molar-refractivity contribution in [1.82, 2.24) is 20.8 Å². The predicted octanol–water partition coefficient (Wildman–Crippen LogP) is 3.55. The lowest BCUT2D eigenvalue weighted by atomic mass is 9.95. The Kier molecular flexibility index (Phi) is 7.45. The van der Waals surface area contributed by atoms with Crippen molar-refractivity contribution in [3.63, 3.8) is 0 Å². The van der Waals surface area contributed by atoms with E-state index in [0.717, 1.165) is 5.56 Å². The molecule has 2 heterocycles. The molecule has 29 heavy (non-hydrogen) atoms. The summed E-state index contributed by atoms with van der Waals surface area (Å²) in [5.74, 6) is 0.882. The van der Waals surface area contributed by atoms with Crippen molar-refractivity contribution in [3.8, 4) is 0 Å². The summed E-state index contributed by atoms with van der Waals surface area (Å²) in [6.07, 6.45) is 1.94. The number of carbonyl (C=O) groups excluding carboxylic acids is 2. The van der Waals surface area contributed by atoms with Gasteiger partial charge in [0.25, 0.3) is 5.22 Å². The summed E-state index contributed by atoms with van der Waals surface area (Å²) < 4.78 is 10.8. The van der Waals surface area contributed by atoms with Gasteiger partial charge in [0.15, 0.2) is 0 Å². The highest BCUT2D eigenvalue weighted by molar-refractivity contribution is 7.99. The maximum absolute atomic E-state index is 12.7. The molecule has 1 unspecified atom stereocenters.